The maximum absolute atomic E-state index is 12.3. The van der Waals surface area contributed by atoms with Crippen molar-refractivity contribution in [3.05, 3.63) is 29.6 Å². The molecule has 0 radical (unpaired) electrons. The first-order valence-electron chi connectivity index (χ1n) is 5.03. The largest absolute Gasteiger partial charge is 0.417 e. The second-order valence-electron chi connectivity index (χ2n) is 3.68. The Kier molecular flexibility index (Phi) is 4.35. The lowest BCUT2D eigenvalue weighted by molar-refractivity contribution is -0.137. The molecule has 0 aliphatic heterocycles. The smallest absolute Gasteiger partial charge is 0.260 e. The van der Waals surface area contributed by atoms with E-state index in [1.807, 2.05) is 13.8 Å². The van der Waals surface area contributed by atoms with Crippen molar-refractivity contribution in [3.8, 4) is 0 Å². The molecule has 1 aromatic rings. The summed E-state index contributed by atoms with van der Waals surface area (Å²) in [5.41, 5.74) is -0.0252. The van der Waals surface area contributed by atoms with Crippen molar-refractivity contribution in [1.29, 1.82) is 0 Å². The average molecular weight is 296 g/mol. The Labute approximate surface area is 101 Å². The van der Waals surface area contributed by atoms with E-state index in [2.05, 4.69) is 20.9 Å². The van der Waals surface area contributed by atoms with Crippen LogP contribution in [0.15, 0.2) is 18.3 Å². The van der Waals surface area contributed by atoms with Gasteiger partial charge in [0.2, 0.25) is 0 Å². The summed E-state index contributed by atoms with van der Waals surface area (Å²) >= 11 is 3.47. The molecular weight excluding hydrogens is 283 g/mol. The third-order valence-electron chi connectivity index (χ3n) is 2.51. The maximum atomic E-state index is 12.3. The minimum Gasteiger partial charge on any atom is -0.260 e. The number of alkyl halides is 4. The molecule has 0 N–H and O–H groups in total. The van der Waals surface area contributed by atoms with Gasteiger partial charge in [-0.1, -0.05) is 29.8 Å². The highest BCUT2D eigenvalue weighted by Crippen LogP contribution is 2.30. The molecule has 2 unspecified atom stereocenters. The minimum absolute atomic E-state index is 0.104. The first kappa shape index (κ1) is 13.5. The molecule has 0 spiro atoms. The summed E-state index contributed by atoms with van der Waals surface area (Å²) in [6.07, 6.45) is -2.52. The third kappa shape index (κ3) is 3.20. The Morgan fingerprint density at radius 1 is 1.38 bits per heavy atom. The van der Waals surface area contributed by atoms with Crippen molar-refractivity contribution in [2.24, 2.45) is 0 Å². The highest BCUT2D eigenvalue weighted by Gasteiger charge is 2.31. The molecule has 1 heterocycles. The fraction of sp³-hybridized carbons (Fsp3) is 0.545. The van der Waals surface area contributed by atoms with Crippen LogP contribution in [0.1, 0.15) is 37.4 Å². The van der Waals surface area contributed by atoms with E-state index >= 15 is 0 Å². The SMILES string of the molecule is CCC(Br)C(C)c1ccc(C(F)(F)F)cn1. The predicted octanol–water partition coefficient (Wildman–Crippen LogP) is 4.38. The van der Waals surface area contributed by atoms with Gasteiger partial charge in [-0.2, -0.15) is 13.2 Å². The summed E-state index contributed by atoms with van der Waals surface area (Å²) in [4.78, 5) is 4.10. The quantitative estimate of drug-likeness (QED) is 0.754. The summed E-state index contributed by atoms with van der Waals surface area (Å²) in [5.74, 6) is 0.104. The molecule has 0 aliphatic carbocycles. The van der Waals surface area contributed by atoms with Crippen molar-refractivity contribution in [3.63, 3.8) is 0 Å². The van der Waals surface area contributed by atoms with Crippen molar-refractivity contribution in [2.75, 3.05) is 0 Å². The lowest BCUT2D eigenvalue weighted by Gasteiger charge is -2.16. The minimum atomic E-state index is -4.31. The maximum Gasteiger partial charge on any atom is 0.417 e. The molecule has 0 amide bonds. The standard InChI is InChI=1S/C11H13BrF3N/c1-3-9(12)7(2)10-5-4-8(6-16-10)11(13,14)15/h4-7,9H,3H2,1-2H3. The van der Waals surface area contributed by atoms with E-state index in [0.717, 1.165) is 18.7 Å². The number of pyridine rings is 1. The van der Waals surface area contributed by atoms with Gasteiger partial charge >= 0.3 is 6.18 Å². The number of halogens is 4. The summed E-state index contributed by atoms with van der Waals surface area (Å²) in [7, 11) is 0. The second kappa shape index (κ2) is 5.17. The van der Waals surface area contributed by atoms with Crippen LogP contribution in [0.3, 0.4) is 0 Å². The number of nitrogens with zero attached hydrogens (tertiary/aromatic N) is 1. The van der Waals surface area contributed by atoms with E-state index in [1.165, 1.54) is 6.07 Å². The molecule has 1 rings (SSSR count). The summed E-state index contributed by atoms with van der Waals surface area (Å²) in [5, 5.41) is 0. The van der Waals surface area contributed by atoms with Gasteiger partial charge < -0.3 is 0 Å². The van der Waals surface area contributed by atoms with Crippen molar-refractivity contribution in [1.82, 2.24) is 4.98 Å². The monoisotopic (exact) mass is 295 g/mol. The van der Waals surface area contributed by atoms with Gasteiger partial charge in [0.05, 0.1) is 5.56 Å². The topological polar surface area (TPSA) is 12.9 Å². The molecule has 0 aliphatic rings. The molecule has 0 bridgehead atoms. The van der Waals surface area contributed by atoms with Crippen LogP contribution in [-0.2, 0) is 6.18 Å². The van der Waals surface area contributed by atoms with Gasteiger partial charge in [-0.3, -0.25) is 4.98 Å². The van der Waals surface area contributed by atoms with Crippen LogP contribution in [0, 0.1) is 0 Å². The first-order chi connectivity index (χ1) is 7.36. The van der Waals surface area contributed by atoms with Crippen LogP contribution < -0.4 is 0 Å². The van der Waals surface area contributed by atoms with Gasteiger partial charge in [0.1, 0.15) is 0 Å². The molecule has 0 saturated carbocycles. The zero-order valence-corrected chi connectivity index (χ0v) is 10.6. The van der Waals surface area contributed by atoms with E-state index < -0.39 is 11.7 Å². The van der Waals surface area contributed by atoms with E-state index in [-0.39, 0.29) is 10.7 Å². The first-order valence-corrected chi connectivity index (χ1v) is 5.95. The normalized spacial score (nSPS) is 15.9. The molecule has 0 aromatic carbocycles. The average Bonchev–Trinajstić information content (AvgIpc) is 2.26. The van der Waals surface area contributed by atoms with Crippen LogP contribution in [0.4, 0.5) is 13.2 Å². The third-order valence-corrected chi connectivity index (χ3v) is 3.95. The second-order valence-corrected chi connectivity index (χ2v) is 4.86. The van der Waals surface area contributed by atoms with Gasteiger partial charge in [0, 0.05) is 22.6 Å². The zero-order chi connectivity index (χ0) is 12.3. The van der Waals surface area contributed by atoms with Gasteiger partial charge in [-0.25, -0.2) is 0 Å². The molecular formula is C11H13BrF3N. The summed E-state index contributed by atoms with van der Waals surface area (Å²) in [6, 6.07) is 2.52. The Hall–Kier alpha value is -0.580. The van der Waals surface area contributed by atoms with Gasteiger partial charge in [0.25, 0.3) is 0 Å². The Balaban J connectivity index is 2.87. The van der Waals surface area contributed by atoms with Crippen LogP contribution in [-0.4, -0.2) is 9.81 Å². The number of hydrogen-bond donors (Lipinski definition) is 0. The van der Waals surface area contributed by atoms with Crippen molar-refractivity contribution in [2.45, 2.75) is 37.2 Å². The fourth-order valence-corrected chi connectivity index (χ4v) is 1.65. The molecule has 90 valence electrons. The lowest BCUT2D eigenvalue weighted by Crippen LogP contribution is -2.11. The molecule has 5 heteroatoms. The highest BCUT2D eigenvalue weighted by molar-refractivity contribution is 9.09. The molecule has 1 aromatic heterocycles. The summed E-state index contributed by atoms with van der Waals surface area (Å²) < 4.78 is 36.9. The number of hydrogen-bond acceptors (Lipinski definition) is 1. The number of rotatable bonds is 3. The van der Waals surface area contributed by atoms with Crippen LogP contribution in [0.25, 0.3) is 0 Å². The molecule has 2 atom stereocenters. The molecule has 0 saturated heterocycles. The highest BCUT2D eigenvalue weighted by atomic mass is 79.9. The lowest BCUT2D eigenvalue weighted by atomic mass is 10.0. The van der Waals surface area contributed by atoms with Gasteiger partial charge in [-0.05, 0) is 18.6 Å². The summed E-state index contributed by atoms with van der Waals surface area (Å²) in [6.45, 7) is 3.96. The van der Waals surface area contributed by atoms with Crippen LogP contribution in [0.5, 0.6) is 0 Å². The zero-order valence-electron chi connectivity index (χ0n) is 9.05. The Morgan fingerprint density at radius 2 is 2.00 bits per heavy atom. The van der Waals surface area contributed by atoms with Gasteiger partial charge in [-0.15, -0.1) is 0 Å². The predicted molar refractivity (Wildman–Crippen MR) is 60.7 cm³/mol. The molecule has 0 fully saturated rings. The van der Waals surface area contributed by atoms with Crippen LogP contribution >= 0.6 is 15.9 Å². The van der Waals surface area contributed by atoms with Crippen molar-refractivity contribution < 1.29 is 13.2 Å². The number of aromatic nitrogens is 1. The van der Waals surface area contributed by atoms with Crippen molar-refractivity contribution >= 4 is 15.9 Å². The van der Waals surface area contributed by atoms with E-state index in [0.29, 0.717) is 5.69 Å². The molecule has 1 nitrogen and oxygen atoms in total. The fourth-order valence-electron chi connectivity index (χ4n) is 1.38. The van der Waals surface area contributed by atoms with E-state index in [4.69, 9.17) is 0 Å². The Bertz CT molecular complexity index is 334. The van der Waals surface area contributed by atoms with Gasteiger partial charge in [0.15, 0.2) is 0 Å². The van der Waals surface area contributed by atoms with E-state index in [9.17, 15) is 13.2 Å². The van der Waals surface area contributed by atoms with E-state index in [1.54, 1.807) is 0 Å². The molecule has 16 heavy (non-hydrogen) atoms. The Morgan fingerprint density at radius 3 is 2.38 bits per heavy atom. The van der Waals surface area contributed by atoms with Crippen LogP contribution in [0.2, 0.25) is 0 Å².